The van der Waals surface area contributed by atoms with Gasteiger partial charge in [0.1, 0.15) is 0 Å². The summed E-state index contributed by atoms with van der Waals surface area (Å²) in [5.41, 5.74) is 0.876. The molecule has 0 saturated carbocycles. The van der Waals surface area contributed by atoms with Crippen LogP contribution in [0.4, 0.5) is 0 Å². The highest BCUT2D eigenvalue weighted by Crippen LogP contribution is 2.22. The van der Waals surface area contributed by atoms with Crippen LogP contribution in [0.25, 0.3) is 0 Å². The zero-order valence-electron chi connectivity index (χ0n) is 8.84. The van der Waals surface area contributed by atoms with E-state index >= 15 is 0 Å². The maximum atomic E-state index is 11.7. The van der Waals surface area contributed by atoms with Gasteiger partial charge in [-0.2, -0.15) is 0 Å². The van der Waals surface area contributed by atoms with E-state index < -0.39 is 0 Å². The van der Waals surface area contributed by atoms with E-state index in [9.17, 15) is 4.79 Å². The van der Waals surface area contributed by atoms with Crippen molar-refractivity contribution in [3.8, 4) is 0 Å². The molecule has 0 bridgehead atoms. The largest absolute Gasteiger partial charge is 0.345 e. The number of likely N-dealkylation sites (N-methyl/N-ethyl adjacent to an activating group) is 1. The van der Waals surface area contributed by atoms with Gasteiger partial charge in [-0.15, -0.1) is 0 Å². The van der Waals surface area contributed by atoms with Crippen LogP contribution in [0.2, 0.25) is 10.0 Å². The Morgan fingerprint density at radius 3 is 2.62 bits per heavy atom. The molecule has 0 aliphatic carbocycles. The van der Waals surface area contributed by atoms with E-state index in [1.807, 2.05) is 6.07 Å². The van der Waals surface area contributed by atoms with E-state index in [1.54, 1.807) is 24.1 Å². The van der Waals surface area contributed by atoms with Gasteiger partial charge < -0.3 is 4.90 Å². The molecule has 0 aromatic heterocycles. The number of hydrogen-bond acceptors (Lipinski definition) is 1. The van der Waals surface area contributed by atoms with Gasteiger partial charge in [-0.3, -0.25) is 4.79 Å². The van der Waals surface area contributed by atoms with Crippen LogP contribution in [0.15, 0.2) is 18.2 Å². The monoisotopic (exact) mass is 323 g/mol. The molecule has 0 saturated heterocycles. The van der Waals surface area contributed by atoms with Crippen molar-refractivity contribution in [1.82, 2.24) is 4.90 Å². The molecule has 1 amide bonds. The minimum atomic E-state index is 0.0674. The first-order valence-electron chi connectivity index (χ1n) is 4.78. The molecule has 0 atom stereocenters. The number of rotatable bonds is 4. The quantitative estimate of drug-likeness (QED) is 0.777. The van der Waals surface area contributed by atoms with Gasteiger partial charge in [-0.25, -0.2) is 0 Å². The molecule has 1 rings (SSSR count). The van der Waals surface area contributed by atoms with Crippen molar-refractivity contribution in [2.45, 2.75) is 6.42 Å². The molecular formula is C11H12BrCl2NO. The van der Waals surface area contributed by atoms with Crippen molar-refractivity contribution in [3.05, 3.63) is 33.8 Å². The second-order valence-corrected chi connectivity index (χ2v) is 5.04. The third kappa shape index (κ3) is 3.96. The molecule has 0 fully saturated rings. The minimum absolute atomic E-state index is 0.0674. The van der Waals surface area contributed by atoms with Crippen molar-refractivity contribution >= 4 is 45.0 Å². The van der Waals surface area contributed by atoms with Gasteiger partial charge in [0.25, 0.3) is 0 Å². The summed E-state index contributed by atoms with van der Waals surface area (Å²) in [6.07, 6.45) is 0.348. The van der Waals surface area contributed by atoms with Crippen molar-refractivity contribution in [2.24, 2.45) is 0 Å². The van der Waals surface area contributed by atoms with E-state index in [-0.39, 0.29) is 5.91 Å². The Kier molecular flexibility index (Phi) is 5.59. The highest BCUT2D eigenvalue weighted by Gasteiger charge is 2.09. The first kappa shape index (κ1) is 13.8. The predicted octanol–water partition coefficient (Wildman–Crippen LogP) is 3.39. The molecule has 2 nitrogen and oxygen atoms in total. The normalized spacial score (nSPS) is 10.2. The molecule has 1 aromatic rings. The highest BCUT2D eigenvalue weighted by molar-refractivity contribution is 9.09. The van der Waals surface area contributed by atoms with Gasteiger partial charge >= 0.3 is 0 Å². The predicted molar refractivity (Wildman–Crippen MR) is 71.6 cm³/mol. The molecule has 0 radical (unpaired) electrons. The lowest BCUT2D eigenvalue weighted by Crippen LogP contribution is -2.29. The van der Waals surface area contributed by atoms with E-state index in [2.05, 4.69) is 15.9 Å². The van der Waals surface area contributed by atoms with Crippen LogP contribution in [-0.2, 0) is 11.2 Å². The second kappa shape index (κ2) is 6.48. The number of halogens is 3. The third-order valence-corrected chi connectivity index (χ3v) is 3.28. The number of benzene rings is 1. The van der Waals surface area contributed by atoms with Gasteiger partial charge in [-0.05, 0) is 17.7 Å². The fraction of sp³-hybridized carbons (Fsp3) is 0.364. The topological polar surface area (TPSA) is 20.3 Å². The molecule has 88 valence electrons. The van der Waals surface area contributed by atoms with Crippen molar-refractivity contribution in [2.75, 3.05) is 18.9 Å². The summed E-state index contributed by atoms with van der Waals surface area (Å²) in [7, 11) is 1.78. The van der Waals surface area contributed by atoms with Gasteiger partial charge in [-0.1, -0.05) is 45.2 Å². The molecule has 0 N–H and O–H groups in total. The zero-order valence-corrected chi connectivity index (χ0v) is 11.9. The minimum Gasteiger partial charge on any atom is -0.345 e. The molecule has 0 unspecified atom stereocenters. The van der Waals surface area contributed by atoms with Crippen molar-refractivity contribution < 1.29 is 4.79 Å². The van der Waals surface area contributed by atoms with Crippen LogP contribution >= 0.6 is 39.1 Å². The van der Waals surface area contributed by atoms with Gasteiger partial charge in [0.05, 0.1) is 16.5 Å². The Bertz CT molecular complexity index is 384. The lowest BCUT2D eigenvalue weighted by Gasteiger charge is -2.15. The number of carbonyl (C=O) groups is 1. The summed E-state index contributed by atoms with van der Waals surface area (Å²) in [6.45, 7) is 0.695. The fourth-order valence-corrected chi connectivity index (χ4v) is 2.06. The van der Waals surface area contributed by atoms with E-state index in [4.69, 9.17) is 23.2 Å². The molecule has 16 heavy (non-hydrogen) atoms. The molecule has 0 spiro atoms. The molecule has 0 heterocycles. The third-order valence-electron chi connectivity index (χ3n) is 2.19. The summed E-state index contributed by atoms with van der Waals surface area (Å²) in [5, 5.41) is 1.76. The number of nitrogens with zero attached hydrogens (tertiary/aromatic N) is 1. The summed E-state index contributed by atoms with van der Waals surface area (Å²) >= 11 is 15.0. The number of hydrogen-bond donors (Lipinski definition) is 0. The molecule has 1 aromatic carbocycles. The molecule has 0 aliphatic rings. The number of alkyl halides is 1. The van der Waals surface area contributed by atoms with E-state index in [0.29, 0.717) is 23.0 Å². The summed E-state index contributed by atoms with van der Waals surface area (Å²) in [5.74, 6) is 0.0674. The maximum Gasteiger partial charge on any atom is 0.226 e. The second-order valence-electron chi connectivity index (χ2n) is 3.43. The zero-order chi connectivity index (χ0) is 12.1. The van der Waals surface area contributed by atoms with Crippen LogP contribution in [0, 0.1) is 0 Å². The summed E-state index contributed by atoms with van der Waals surface area (Å²) in [6, 6.07) is 5.24. The lowest BCUT2D eigenvalue weighted by molar-refractivity contribution is -0.128. The van der Waals surface area contributed by atoms with Crippen LogP contribution in [-0.4, -0.2) is 29.7 Å². The van der Waals surface area contributed by atoms with Crippen LogP contribution in [0.5, 0.6) is 0 Å². The average Bonchev–Trinajstić information content (AvgIpc) is 2.24. The van der Waals surface area contributed by atoms with E-state index in [1.165, 1.54) is 0 Å². The standard InChI is InChI=1S/C11H12BrCl2NO/c1-15(5-4-12)11(16)7-8-2-3-9(13)10(14)6-8/h2-3,6H,4-5,7H2,1H3. The van der Waals surface area contributed by atoms with E-state index in [0.717, 1.165) is 10.9 Å². The first-order chi connectivity index (χ1) is 7.54. The maximum absolute atomic E-state index is 11.7. The Hall–Kier alpha value is -0.250. The summed E-state index contributed by atoms with van der Waals surface area (Å²) < 4.78 is 0. The Balaban J connectivity index is 2.66. The van der Waals surface area contributed by atoms with Crippen LogP contribution in [0.3, 0.4) is 0 Å². The molecular weight excluding hydrogens is 313 g/mol. The smallest absolute Gasteiger partial charge is 0.226 e. The fourth-order valence-electron chi connectivity index (χ4n) is 1.21. The van der Waals surface area contributed by atoms with Crippen LogP contribution in [0.1, 0.15) is 5.56 Å². The lowest BCUT2D eigenvalue weighted by atomic mass is 10.1. The Labute approximate surface area is 114 Å². The Morgan fingerprint density at radius 1 is 1.38 bits per heavy atom. The number of carbonyl (C=O) groups excluding carboxylic acids is 1. The average molecular weight is 325 g/mol. The highest BCUT2D eigenvalue weighted by atomic mass is 79.9. The molecule has 5 heteroatoms. The van der Waals surface area contributed by atoms with Gasteiger partial charge in [0.2, 0.25) is 5.91 Å². The van der Waals surface area contributed by atoms with Crippen molar-refractivity contribution in [1.29, 1.82) is 0 Å². The molecule has 0 aliphatic heterocycles. The van der Waals surface area contributed by atoms with Crippen LogP contribution < -0.4 is 0 Å². The van der Waals surface area contributed by atoms with Gasteiger partial charge in [0, 0.05) is 18.9 Å². The Morgan fingerprint density at radius 2 is 2.06 bits per heavy atom. The summed E-state index contributed by atoms with van der Waals surface area (Å²) in [4.78, 5) is 13.4. The van der Waals surface area contributed by atoms with Gasteiger partial charge in [0.15, 0.2) is 0 Å². The number of amides is 1. The van der Waals surface area contributed by atoms with Crippen molar-refractivity contribution in [3.63, 3.8) is 0 Å². The SMILES string of the molecule is CN(CCBr)C(=O)Cc1ccc(Cl)c(Cl)c1. The first-order valence-corrected chi connectivity index (χ1v) is 6.66.